The summed E-state index contributed by atoms with van der Waals surface area (Å²) in [6, 6.07) is 17.5. The van der Waals surface area contributed by atoms with Gasteiger partial charge in [-0.05, 0) is 47.4 Å². The molecule has 3 rings (SSSR count). The Morgan fingerprint density at radius 2 is 1.58 bits per heavy atom. The summed E-state index contributed by atoms with van der Waals surface area (Å²) in [5, 5.41) is 21.0. The minimum absolute atomic E-state index is 0.0495. The van der Waals surface area contributed by atoms with Crippen molar-refractivity contribution in [1.29, 1.82) is 0 Å². The molecule has 9 nitrogen and oxygen atoms in total. The van der Waals surface area contributed by atoms with Crippen LogP contribution in [0.4, 0.5) is 18.9 Å². The van der Waals surface area contributed by atoms with Crippen molar-refractivity contribution in [2.75, 3.05) is 17.2 Å². The van der Waals surface area contributed by atoms with E-state index in [9.17, 15) is 37.5 Å². The third kappa shape index (κ3) is 10.1. The highest BCUT2D eigenvalue weighted by atomic mass is 32.2. The molecular weight excluding hydrogens is 587 g/mol. The van der Waals surface area contributed by atoms with Crippen LogP contribution in [0.25, 0.3) is 11.1 Å². The Kier molecular flexibility index (Phi) is 11.7. The molecular formula is C30H30F3N3O6S. The van der Waals surface area contributed by atoms with Crippen LogP contribution < -0.4 is 16.0 Å². The number of rotatable bonds is 14. The Balaban J connectivity index is 1.73. The summed E-state index contributed by atoms with van der Waals surface area (Å²) < 4.78 is 39.3. The Labute approximate surface area is 249 Å². The Morgan fingerprint density at radius 3 is 2.19 bits per heavy atom. The number of benzene rings is 3. The lowest BCUT2D eigenvalue weighted by Crippen LogP contribution is -2.51. The second-order valence-electron chi connectivity index (χ2n) is 9.55. The average molecular weight is 618 g/mol. The van der Waals surface area contributed by atoms with Crippen LogP contribution in [0.3, 0.4) is 0 Å². The average Bonchev–Trinajstić information content (AvgIpc) is 2.98. The number of nitrogens with two attached hydrogens (primary N) is 1. The number of hydrogen-bond acceptors (Lipinski definition) is 6. The van der Waals surface area contributed by atoms with E-state index in [1.54, 1.807) is 60.7 Å². The summed E-state index contributed by atoms with van der Waals surface area (Å²) in [7, 11) is 0. The molecule has 2 atom stereocenters. The number of amides is 2. The van der Waals surface area contributed by atoms with E-state index in [2.05, 4.69) is 5.32 Å². The van der Waals surface area contributed by atoms with Crippen LogP contribution in [0.2, 0.25) is 0 Å². The van der Waals surface area contributed by atoms with E-state index in [-0.39, 0.29) is 18.6 Å². The monoisotopic (exact) mass is 617 g/mol. The molecule has 0 radical (unpaired) electrons. The van der Waals surface area contributed by atoms with E-state index in [0.29, 0.717) is 22.6 Å². The molecule has 0 aromatic heterocycles. The number of carbonyl (C=O) groups is 4. The molecule has 228 valence electrons. The third-order valence-electron chi connectivity index (χ3n) is 6.29. The maximum Gasteiger partial charge on any atom is 0.416 e. The van der Waals surface area contributed by atoms with Crippen LogP contribution in [0.1, 0.15) is 24.0 Å². The first kappa shape index (κ1) is 33.1. The highest BCUT2D eigenvalue weighted by molar-refractivity contribution is 7.98. The van der Waals surface area contributed by atoms with Crippen molar-refractivity contribution in [3.05, 3.63) is 90.0 Å². The van der Waals surface area contributed by atoms with Crippen molar-refractivity contribution >= 4 is 41.2 Å². The van der Waals surface area contributed by atoms with Crippen LogP contribution in [0, 0.1) is 0 Å². The summed E-state index contributed by atoms with van der Waals surface area (Å²) in [4.78, 5) is 49.8. The molecule has 3 aromatic carbocycles. The number of alkyl halides is 3. The molecule has 43 heavy (non-hydrogen) atoms. The van der Waals surface area contributed by atoms with Gasteiger partial charge in [0.1, 0.15) is 18.6 Å². The van der Waals surface area contributed by atoms with Gasteiger partial charge in [-0.25, -0.2) is 0 Å². The fourth-order valence-corrected chi connectivity index (χ4v) is 5.05. The molecule has 0 unspecified atom stereocenters. The van der Waals surface area contributed by atoms with Gasteiger partial charge in [0.25, 0.3) is 5.91 Å². The molecule has 0 saturated heterocycles. The van der Waals surface area contributed by atoms with Crippen LogP contribution in [-0.4, -0.2) is 58.3 Å². The summed E-state index contributed by atoms with van der Waals surface area (Å²) in [5.74, 6) is -3.40. The summed E-state index contributed by atoms with van der Waals surface area (Å²) >= 11 is 1.28. The summed E-state index contributed by atoms with van der Waals surface area (Å²) in [6.45, 7) is -0.652. The van der Waals surface area contributed by atoms with Crippen molar-refractivity contribution in [3.8, 4) is 11.1 Å². The molecule has 0 fully saturated rings. The van der Waals surface area contributed by atoms with E-state index < -0.39 is 54.1 Å². The number of halogens is 3. The normalized spacial score (nSPS) is 12.7. The molecule has 2 amide bonds. The smallest absolute Gasteiger partial charge is 0.416 e. The van der Waals surface area contributed by atoms with E-state index in [0.717, 1.165) is 22.6 Å². The van der Waals surface area contributed by atoms with Gasteiger partial charge in [-0.3, -0.25) is 24.1 Å². The van der Waals surface area contributed by atoms with Gasteiger partial charge in [-0.1, -0.05) is 54.6 Å². The Bertz CT molecular complexity index is 1420. The molecule has 0 bridgehead atoms. The first-order valence-corrected chi connectivity index (χ1v) is 14.2. The molecule has 0 heterocycles. The van der Waals surface area contributed by atoms with Crippen LogP contribution in [-0.2, 0) is 31.1 Å². The molecule has 13 heteroatoms. The summed E-state index contributed by atoms with van der Waals surface area (Å²) in [6.07, 6.45) is -4.88. The van der Waals surface area contributed by atoms with E-state index in [1.807, 2.05) is 0 Å². The van der Waals surface area contributed by atoms with Crippen molar-refractivity contribution in [3.63, 3.8) is 0 Å². The molecule has 0 spiro atoms. The van der Waals surface area contributed by atoms with Crippen molar-refractivity contribution in [1.82, 2.24) is 5.32 Å². The van der Waals surface area contributed by atoms with E-state index in [4.69, 9.17) is 10.8 Å². The van der Waals surface area contributed by atoms with Gasteiger partial charge in [0.05, 0.1) is 5.56 Å². The Morgan fingerprint density at radius 1 is 0.907 bits per heavy atom. The number of para-hydroxylation sites is 1. The van der Waals surface area contributed by atoms with Gasteiger partial charge in [-0.2, -0.15) is 24.9 Å². The van der Waals surface area contributed by atoms with Crippen molar-refractivity contribution < 1.29 is 42.6 Å². The third-order valence-corrected chi connectivity index (χ3v) is 7.40. The Hall–Kier alpha value is -4.36. The lowest BCUT2D eigenvalue weighted by molar-refractivity contribution is -0.139. The quantitative estimate of drug-likeness (QED) is 0.208. The van der Waals surface area contributed by atoms with Gasteiger partial charge in [0, 0.05) is 23.6 Å². The fraction of sp³-hybridized carbons (Fsp3) is 0.267. The molecule has 0 aliphatic heterocycles. The number of hydrogen-bond donors (Lipinski definition) is 4. The van der Waals surface area contributed by atoms with Gasteiger partial charge < -0.3 is 21.3 Å². The number of carbonyl (C=O) groups excluding carboxylic acids is 2. The lowest BCUT2D eigenvalue weighted by atomic mass is 10.0. The van der Waals surface area contributed by atoms with Gasteiger partial charge in [0.15, 0.2) is 0 Å². The largest absolute Gasteiger partial charge is 0.480 e. The highest BCUT2D eigenvalue weighted by Gasteiger charge is 2.31. The number of nitrogens with zero attached hydrogens (tertiary/aromatic N) is 1. The van der Waals surface area contributed by atoms with E-state index >= 15 is 0 Å². The first-order chi connectivity index (χ1) is 20.3. The predicted octanol–water partition coefficient (Wildman–Crippen LogP) is 4.40. The SMILES string of the molecule is N[C@@H](CCC(=O)N[C@@H](CSCc1ccc(-c2cccc(C(F)(F)F)c2)cc1)C(=O)N(CC(=O)O)c1ccccc1)C(=O)O. The summed E-state index contributed by atoms with van der Waals surface area (Å²) in [5.41, 5.74) is 6.84. The highest BCUT2D eigenvalue weighted by Crippen LogP contribution is 2.32. The standard InChI is InChI=1S/C30H30F3N3O6S/c31-30(32,33)22-6-4-5-21(15-22)20-11-9-19(10-12-20)17-43-18-25(35-26(37)14-13-24(34)29(41)42)28(40)36(16-27(38)39)23-7-2-1-3-8-23/h1-12,15,24-25H,13-14,16-18,34H2,(H,35,37)(H,38,39)(H,41,42)/t24-,25-/m0/s1. The van der Waals surface area contributed by atoms with Gasteiger partial charge in [0.2, 0.25) is 5.91 Å². The molecule has 0 saturated carbocycles. The number of anilines is 1. The number of aliphatic carboxylic acids is 2. The number of carboxylic acid groups (broad SMARTS) is 2. The minimum Gasteiger partial charge on any atom is -0.480 e. The maximum atomic E-state index is 13.5. The molecule has 5 N–H and O–H groups in total. The van der Waals surface area contributed by atoms with Crippen LogP contribution >= 0.6 is 11.8 Å². The van der Waals surface area contributed by atoms with Crippen molar-refractivity contribution in [2.45, 2.75) is 36.9 Å². The number of carboxylic acids is 2. The topological polar surface area (TPSA) is 150 Å². The van der Waals surface area contributed by atoms with Gasteiger partial charge in [-0.15, -0.1) is 0 Å². The second kappa shape index (κ2) is 15.2. The first-order valence-electron chi connectivity index (χ1n) is 13.1. The van der Waals surface area contributed by atoms with E-state index in [1.165, 1.54) is 17.8 Å². The maximum absolute atomic E-state index is 13.5. The van der Waals surface area contributed by atoms with Crippen molar-refractivity contribution in [2.24, 2.45) is 5.73 Å². The van der Waals surface area contributed by atoms with Gasteiger partial charge >= 0.3 is 18.1 Å². The number of thioether (sulfide) groups is 1. The zero-order chi connectivity index (χ0) is 31.6. The minimum atomic E-state index is -4.46. The van der Waals surface area contributed by atoms with Crippen LogP contribution in [0.15, 0.2) is 78.9 Å². The second-order valence-corrected chi connectivity index (χ2v) is 10.6. The van der Waals surface area contributed by atoms with Crippen LogP contribution in [0.5, 0.6) is 0 Å². The predicted molar refractivity (Wildman–Crippen MR) is 156 cm³/mol. The fourth-order valence-electron chi connectivity index (χ4n) is 4.04. The zero-order valence-electron chi connectivity index (χ0n) is 22.8. The molecule has 0 aliphatic rings. The molecule has 3 aromatic rings. The molecule has 0 aliphatic carbocycles. The zero-order valence-corrected chi connectivity index (χ0v) is 23.6. The lowest BCUT2D eigenvalue weighted by Gasteiger charge is -2.27. The number of nitrogens with one attached hydrogen (secondary N) is 1.